The molecule has 190 valence electrons. The lowest BCUT2D eigenvalue weighted by atomic mass is 10.0. The number of nitrogens with zero attached hydrogens (tertiary/aromatic N) is 3. The van der Waals surface area contributed by atoms with Crippen molar-refractivity contribution in [3.8, 4) is 5.69 Å². The molecule has 0 radical (unpaired) electrons. The number of nitrogens with one attached hydrogen (secondary N) is 1. The Labute approximate surface area is 228 Å². The summed E-state index contributed by atoms with van der Waals surface area (Å²) >= 11 is 3.47. The van der Waals surface area contributed by atoms with E-state index in [-0.39, 0.29) is 17.3 Å². The van der Waals surface area contributed by atoms with E-state index in [1.165, 1.54) is 3.97 Å². The highest BCUT2D eigenvalue weighted by molar-refractivity contribution is 9.10. The number of aryl methyl sites for hydroxylation is 1. The predicted octanol–water partition coefficient (Wildman–Crippen LogP) is 5.40. The van der Waals surface area contributed by atoms with Crippen LogP contribution >= 0.6 is 15.9 Å². The normalized spacial score (nSPS) is 15.9. The van der Waals surface area contributed by atoms with Crippen molar-refractivity contribution in [3.05, 3.63) is 119 Å². The van der Waals surface area contributed by atoms with Gasteiger partial charge in [0.2, 0.25) is 0 Å². The molecule has 0 aliphatic carbocycles. The molecule has 1 aliphatic rings. The van der Waals surface area contributed by atoms with Gasteiger partial charge >= 0.3 is 0 Å². The molecule has 0 fully saturated rings. The number of halogens is 1. The summed E-state index contributed by atoms with van der Waals surface area (Å²) in [5.41, 5.74) is 4.16. The second-order valence-electron chi connectivity index (χ2n) is 9.17. The number of carbonyl (C=O) groups is 1. The third-order valence-corrected chi connectivity index (χ3v) is 8.88. The number of hydrogen-bond donors (Lipinski definition) is 1. The summed E-state index contributed by atoms with van der Waals surface area (Å²) in [6.45, 7) is 2.19. The zero-order valence-corrected chi connectivity index (χ0v) is 22.8. The minimum absolute atomic E-state index is 0.196. The van der Waals surface area contributed by atoms with Crippen LogP contribution in [0.25, 0.3) is 16.6 Å². The van der Waals surface area contributed by atoms with Crippen LogP contribution in [0.15, 0.2) is 112 Å². The molecule has 7 nitrogen and oxygen atoms in total. The van der Waals surface area contributed by atoms with Crippen molar-refractivity contribution < 1.29 is 13.2 Å². The summed E-state index contributed by atoms with van der Waals surface area (Å²) in [5, 5.41) is 3.80. The van der Waals surface area contributed by atoms with Crippen LogP contribution in [0.4, 0.5) is 0 Å². The van der Waals surface area contributed by atoms with Crippen LogP contribution in [0.2, 0.25) is 0 Å². The van der Waals surface area contributed by atoms with Gasteiger partial charge in [-0.1, -0.05) is 57.9 Å². The fourth-order valence-electron chi connectivity index (χ4n) is 4.78. The van der Waals surface area contributed by atoms with E-state index in [4.69, 9.17) is 0 Å². The monoisotopic (exact) mass is 586 g/mol. The number of aromatic nitrogens is 2. The van der Waals surface area contributed by atoms with Crippen LogP contribution in [0.3, 0.4) is 0 Å². The van der Waals surface area contributed by atoms with Crippen LogP contribution in [0.1, 0.15) is 22.9 Å². The molecule has 0 spiro atoms. The highest BCUT2D eigenvalue weighted by atomic mass is 79.9. The van der Waals surface area contributed by atoms with Crippen molar-refractivity contribution in [2.45, 2.75) is 17.9 Å². The Bertz CT molecular complexity index is 1820. The molecule has 1 N–H and O–H groups in total. The number of carbonyl (C=O) groups excluding carboxylic acids is 1. The average Bonchev–Trinajstić information content (AvgIpc) is 3.55. The molecular weight excluding hydrogens is 564 g/mol. The summed E-state index contributed by atoms with van der Waals surface area (Å²) < 4.78 is 31.3. The van der Waals surface area contributed by atoms with Gasteiger partial charge < -0.3 is 9.88 Å². The molecule has 0 bridgehead atoms. The first kappa shape index (κ1) is 24.4. The number of aliphatic imine (C=N–C) groups is 1. The van der Waals surface area contributed by atoms with E-state index in [9.17, 15) is 13.2 Å². The lowest BCUT2D eigenvalue weighted by molar-refractivity contribution is -0.115. The van der Waals surface area contributed by atoms with E-state index >= 15 is 0 Å². The predicted molar refractivity (Wildman–Crippen MR) is 151 cm³/mol. The highest BCUT2D eigenvalue weighted by Gasteiger charge is 2.30. The maximum absolute atomic E-state index is 13.6. The quantitative estimate of drug-likeness (QED) is 0.299. The SMILES string of the molecule is Cc1ccc(S(=O)(=O)n2cc(C3CN=C(c4cccn4-c4ccccc4)C(=O)N3)c3ccc(Br)cc32)cc1. The van der Waals surface area contributed by atoms with E-state index in [0.29, 0.717) is 22.5 Å². The number of fused-ring (bicyclic) bond motifs is 1. The van der Waals surface area contributed by atoms with Crippen molar-refractivity contribution in [2.75, 3.05) is 6.54 Å². The molecule has 1 aliphatic heterocycles. The Morgan fingerprint density at radius 2 is 1.74 bits per heavy atom. The number of benzene rings is 3. The summed E-state index contributed by atoms with van der Waals surface area (Å²) in [6.07, 6.45) is 3.50. The van der Waals surface area contributed by atoms with Crippen molar-refractivity contribution in [3.63, 3.8) is 0 Å². The fraction of sp³-hybridized carbons (Fsp3) is 0.103. The van der Waals surface area contributed by atoms with E-state index in [0.717, 1.165) is 21.1 Å². The third-order valence-electron chi connectivity index (χ3n) is 6.70. The van der Waals surface area contributed by atoms with E-state index < -0.39 is 16.1 Å². The van der Waals surface area contributed by atoms with E-state index in [1.54, 1.807) is 36.5 Å². The second-order valence-corrected chi connectivity index (χ2v) is 11.9. The van der Waals surface area contributed by atoms with Gasteiger partial charge in [-0.3, -0.25) is 9.79 Å². The van der Waals surface area contributed by atoms with Crippen LogP contribution in [-0.2, 0) is 14.8 Å². The van der Waals surface area contributed by atoms with Crippen LogP contribution < -0.4 is 5.32 Å². The Balaban J connectivity index is 1.40. The van der Waals surface area contributed by atoms with Gasteiger partial charge in [0.1, 0.15) is 5.71 Å². The molecule has 3 heterocycles. The van der Waals surface area contributed by atoms with Gasteiger partial charge in [0.05, 0.1) is 28.7 Å². The zero-order valence-electron chi connectivity index (χ0n) is 20.4. The topological polar surface area (TPSA) is 85.5 Å². The Hall–Kier alpha value is -3.95. The minimum atomic E-state index is -3.87. The van der Waals surface area contributed by atoms with Gasteiger partial charge in [0, 0.05) is 33.5 Å². The highest BCUT2D eigenvalue weighted by Crippen LogP contribution is 2.33. The number of amides is 1. The van der Waals surface area contributed by atoms with Gasteiger partial charge in [-0.25, -0.2) is 12.4 Å². The van der Waals surface area contributed by atoms with Crippen molar-refractivity contribution in [1.82, 2.24) is 13.9 Å². The van der Waals surface area contributed by atoms with Gasteiger partial charge in [-0.2, -0.15) is 0 Å². The Morgan fingerprint density at radius 1 is 0.974 bits per heavy atom. The average molecular weight is 587 g/mol. The third kappa shape index (κ3) is 4.17. The molecule has 5 aromatic rings. The first-order valence-corrected chi connectivity index (χ1v) is 14.3. The Morgan fingerprint density at radius 3 is 2.47 bits per heavy atom. The largest absolute Gasteiger partial charge is 0.342 e. The summed E-state index contributed by atoms with van der Waals surface area (Å²) in [7, 11) is -3.87. The lowest BCUT2D eigenvalue weighted by Gasteiger charge is -2.23. The second kappa shape index (κ2) is 9.41. The maximum atomic E-state index is 13.6. The molecule has 38 heavy (non-hydrogen) atoms. The van der Waals surface area contributed by atoms with Crippen molar-refractivity contribution in [1.29, 1.82) is 0 Å². The van der Waals surface area contributed by atoms with Gasteiger partial charge in [-0.05, 0) is 55.5 Å². The van der Waals surface area contributed by atoms with Gasteiger partial charge in [0.15, 0.2) is 0 Å². The van der Waals surface area contributed by atoms with Crippen LogP contribution in [-0.4, -0.2) is 35.1 Å². The molecule has 1 atom stereocenters. The van der Waals surface area contributed by atoms with Crippen molar-refractivity contribution >= 4 is 48.5 Å². The maximum Gasteiger partial charge on any atom is 0.272 e. The lowest BCUT2D eigenvalue weighted by Crippen LogP contribution is -2.41. The standard InChI is InChI=1S/C29H23BrN4O3S/c1-19-9-12-22(13-10-19)38(36,37)34-18-24(23-14-11-20(30)16-27(23)34)25-17-31-28(29(35)32-25)26-8-5-15-33(26)21-6-3-2-4-7-21/h2-16,18,25H,17H2,1H3,(H,32,35). The van der Waals surface area contributed by atoms with Crippen molar-refractivity contribution in [2.24, 2.45) is 4.99 Å². The number of para-hydroxylation sites is 1. The van der Waals surface area contributed by atoms with Gasteiger partial charge in [0.25, 0.3) is 15.9 Å². The van der Waals surface area contributed by atoms with Crippen LogP contribution in [0.5, 0.6) is 0 Å². The number of hydrogen-bond acceptors (Lipinski definition) is 4. The molecule has 0 saturated heterocycles. The van der Waals surface area contributed by atoms with Crippen LogP contribution in [0, 0.1) is 6.92 Å². The smallest absolute Gasteiger partial charge is 0.272 e. The first-order chi connectivity index (χ1) is 18.3. The number of rotatable bonds is 5. The molecule has 6 rings (SSSR count). The molecule has 1 unspecified atom stereocenters. The van der Waals surface area contributed by atoms with Gasteiger partial charge in [-0.15, -0.1) is 0 Å². The Kier molecular flexibility index (Phi) is 6.04. The summed E-state index contributed by atoms with van der Waals surface area (Å²) in [6, 6.07) is 25.3. The van der Waals surface area contributed by atoms with E-state index in [2.05, 4.69) is 26.2 Å². The fourth-order valence-corrected chi connectivity index (χ4v) is 6.50. The summed E-state index contributed by atoms with van der Waals surface area (Å²) in [4.78, 5) is 18.2. The summed E-state index contributed by atoms with van der Waals surface area (Å²) in [5.74, 6) is -0.309. The molecule has 9 heteroatoms. The molecule has 3 aromatic carbocycles. The molecular formula is C29H23BrN4O3S. The molecule has 2 aromatic heterocycles. The molecule has 0 saturated carbocycles. The zero-order chi connectivity index (χ0) is 26.4. The van der Waals surface area contributed by atoms with E-state index in [1.807, 2.05) is 72.3 Å². The minimum Gasteiger partial charge on any atom is -0.342 e. The molecule has 1 amide bonds. The first-order valence-electron chi connectivity index (χ1n) is 12.0.